The number of benzene rings is 2. The van der Waals surface area contributed by atoms with Crippen molar-refractivity contribution in [3.8, 4) is 11.1 Å². The van der Waals surface area contributed by atoms with Crippen LogP contribution in [0.2, 0.25) is 0 Å². The molecule has 1 aliphatic rings. The first kappa shape index (κ1) is 22.6. The zero-order valence-electron chi connectivity index (χ0n) is 17.0. The number of nitrogens with one attached hydrogen (secondary N) is 1. The lowest BCUT2D eigenvalue weighted by Gasteiger charge is -2.31. The van der Waals surface area contributed by atoms with Crippen molar-refractivity contribution in [3.63, 3.8) is 0 Å². The van der Waals surface area contributed by atoms with Gasteiger partial charge in [0.2, 0.25) is 0 Å². The molecule has 0 aliphatic carbocycles. The molecule has 2 heterocycles. The van der Waals surface area contributed by atoms with Gasteiger partial charge in [-0.2, -0.15) is 21.9 Å². The summed E-state index contributed by atoms with van der Waals surface area (Å²) in [6.07, 6.45) is -4.51. The third-order valence-electron chi connectivity index (χ3n) is 5.40. The number of urea groups is 1. The van der Waals surface area contributed by atoms with Gasteiger partial charge in [0.25, 0.3) is 11.8 Å². The molecule has 1 unspecified atom stereocenters. The normalized spacial score (nSPS) is 18.5. The van der Waals surface area contributed by atoms with Crippen LogP contribution in [-0.2, 0) is 16.5 Å². The molecule has 12 heteroatoms. The molecular weight excluding hydrogens is 459 g/mol. The SMILES string of the molecule is Cc1nsnc1C1(CN)C(=O)NC(=O)N1C(=O)c1ccccc1-c1ccc(C(F)(F)F)cc1. The van der Waals surface area contributed by atoms with Crippen LogP contribution in [0.25, 0.3) is 11.1 Å². The van der Waals surface area contributed by atoms with Gasteiger partial charge in [0.1, 0.15) is 5.69 Å². The average molecular weight is 475 g/mol. The Morgan fingerprint density at radius 2 is 1.79 bits per heavy atom. The number of aryl methyl sites for hydroxylation is 1. The molecule has 0 bridgehead atoms. The second-order valence-corrected chi connectivity index (χ2v) is 7.81. The molecule has 3 aromatic rings. The molecule has 1 aliphatic heterocycles. The predicted molar refractivity (Wildman–Crippen MR) is 112 cm³/mol. The van der Waals surface area contributed by atoms with E-state index in [-0.39, 0.29) is 16.8 Å². The van der Waals surface area contributed by atoms with E-state index >= 15 is 0 Å². The zero-order valence-corrected chi connectivity index (χ0v) is 17.8. The highest BCUT2D eigenvalue weighted by Crippen LogP contribution is 2.37. The molecule has 2 aromatic carbocycles. The molecule has 8 nitrogen and oxygen atoms in total. The van der Waals surface area contributed by atoms with Gasteiger partial charge in [0.05, 0.1) is 23.0 Å². The predicted octanol–water partition coefficient (Wildman–Crippen LogP) is 3.08. The first-order valence-corrected chi connectivity index (χ1v) is 10.3. The van der Waals surface area contributed by atoms with E-state index in [4.69, 9.17) is 5.73 Å². The Hall–Kier alpha value is -3.64. The fraction of sp³-hybridized carbons (Fsp3) is 0.190. The number of rotatable bonds is 4. The van der Waals surface area contributed by atoms with Crippen molar-refractivity contribution in [2.24, 2.45) is 5.73 Å². The van der Waals surface area contributed by atoms with E-state index in [2.05, 4.69) is 14.1 Å². The smallest absolute Gasteiger partial charge is 0.327 e. The highest BCUT2D eigenvalue weighted by atomic mass is 32.1. The van der Waals surface area contributed by atoms with Crippen LogP contribution in [0.5, 0.6) is 0 Å². The first-order valence-electron chi connectivity index (χ1n) is 9.57. The molecule has 1 saturated heterocycles. The topological polar surface area (TPSA) is 118 Å². The quantitative estimate of drug-likeness (QED) is 0.560. The van der Waals surface area contributed by atoms with Gasteiger partial charge >= 0.3 is 12.2 Å². The van der Waals surface area contributed by atoms with Gasteiger partial charge < -0.3 is 5.73 Å². The van der Waals surface area contributed by atoms with Crippen LogP contribution in [0, 0.1) is 6.92 Å². The molecule has 0 saturated carbocycles. The van der Waals surface area contributed by atoms with Crippen molar-refractivity contribution in [1.29, 1.82) is 0 Å². The molecule has 3 N–H and O–H groups in total. The van der Waals surface area contributed by atoms with E-state index < -0.39 is 41.7 Å². The summed E-state index contributed by atoms with van der Waals surface area (Å²) in [6, 6.07) is 9.37. The van der Waals surface area contributed by atoms with E-state index in [1.54, 1.807) is 13.0 Å². The lowest BCUT2D eigenvalue weighted by atomic mass is 9.90. The number of halogens is 3. The third kappa shape index (κ3) is 3.56. The molecule has 1 atom stereocenters. The number of carbonyl (C=O) groups is 3. The Bertz CT molecular complexity index is 1260. The van der Waals surface area contributed by atoms with Crippen molar-refractivity contribution in [1.82, 2.24) is 19.0 Å². The molecule has 4 rings (SSSR count). The highest BCUT2D eigenvalue weighted by molar-refractivity contribution is 6.99. The molecule has 4 amide bonds. The van der Waals surface area contributed by atoms with Gasteiger partial charge in [-0.05, 0) is 36.2 Å². The van der Waals surface area contributed by atoms with E-state index in [0.29, 0.717) is 16.2 Å². The number of nitrogens with zero attached hydrogens (tertiary/aromatic N) is 3. The van der Waals surface area contributed by atoms with Crippen LogP contribution in [0.15, 0.2) is 48.5 Å². The van der Waals surface area contributed by atoms with Gasteiger partial charge in [-0.3, -0.25) is 14.9 Å². The molecule has 1 aromatic heterocycles. The maximum absolute atomic E-state index is 13.6. The number of hydrogen-bond donors (Lipinski definition) is 2. The average Bonchev–Trinajstić information content (AvgIpc) is 3.32. The van der Waals surface area contributed by atoms with Crippen LogP contribution in [-0.4, -0.2) is 38.0 Å². The molecule has 0 spiro atoms. The number of hydrogen-bond acceptors (Lipinski definition) is 7. The van der Waals surface area contributed by atoms with Crippen LogP contribution < -0.4 is 11.1 Å². The van der Waals surface area contributed by atoms with Gasteiger partial charge in [0, 0.05) is 12.1 Å². The Morgan fingerprint density at radius 3 is 2.36 bits per heavy atom. The zero-order chi connectivity index (χ0) is 24.0. The number of aromatic nitrogens is 2. The number of carbonyl (C=O) groups excluding carboxylic acids is 3. The van der Waals surface area contributed by atoms with Crippen molar-refractivity contribution in [2.75, 3.05) is 6.54 Å². The van der Waals surface area contributed by atoms with Gasteiger partial charge in [-0.25, -0.2) is 9.69 Å². The number of imide groups is 2. The van der Waals surface area contributed by atoms with Crippen LogP contribution in [0.3, 0.4) is 0 Å². The Morgan fingerprint density at radius 1 is 1.12 bits per heavy atom. The minimum Gasteiger partial charge on any atom is -0.327 e. The van der Waals surface area contributed by atoms with Crippen molar-refractivity contribution >= 4 is 29.6 Å². The number of amides is 4. The second kappa shape index (κ2) is 8.05. The van der Waals surface area contributed by atoms with Gasteiger partial charge in [-0.1, -0.05) is 30.3 Å². The standard InChI is InChI=1S/C21H16F3N5O3S/c1-11-16(28-33-27-11)20(10-25)18(31)26-19(32)29(20)17(30)15-5-3-2-4-14(15)12-6-8-13(9-7-12)21(22,23)24/h2-9H,10,25H2,1H3,(H,26,31,32). The monoisotopic (exact) mass is 475 g/mol. The number of nitrogens with two attached hydrogens (primary N) is 1. The minimum atomic E-state index is -4.51. The molecule has 170 valence electrons. The second-order valence-electron chi connectivity index (χ2n) is 7.28. The largest absolute Gasteiger partial charge is 0.416 e. The van der Waals surface area contributed by atoms with E-state index in [0.717, 1.165) is 23.9 Å². The van der Waals surface area contributed by atoms with Crippen LogP contribution >= 0.6 is 11.7 Å². The van der Waals surface area contributed by atoms with Crippen molar-refractivity contribution < 1.29 is 27.6 Å². The lowest BCUT2D eigenvalue weighted by molar-refractivity contribution is -0.137. The summed E-state index contributed by atoms with van der Waals surface area (Å²) >= 11 is 0.806. The lowest BCUT2D eigenvalue weighted by Crippen LogP contribution is -2.55. The molecule has 0 radical (unpaired) electrons. The van der Waals surface area contributed by atoms with Crippen molar-refractivity contribution in [2.45, 2.75) is 18.6 Å². The fourth-order valence-electron chi connectivity index (χ4n) is 3.78. The molecule has 33 heavy (non-hydrogen) atoms. The summed E-state index contributed by atoms with van der Waals surface area (Å²) in [7, 11) is 0. The van der Waals surface area contributed by atoms with Crippen LogP contribution in [0.4, 0.5) is 18.0 Å². The van der Waals surface area contributed by atoms with Crippen molar-refractivity contribution in [3.05, 3.63) is 71.0 Å². The van der Waals surface area contributed by atoms with Gasteiger partial charge in [-0.15, -0.1) is 0 Å². The summed E-state index contributed by atoms with van der Waals surface area (Å²) < 4.78 is 47.0. The summed E-state index contributed by atoms with van der Waals surface area (Å²) in [6.45, 7) is 1.14. The Kier molecular flexibility index (Phi) is 5.50. The van der Waals surface area contributed by atoms with E-state index in [9.17, 15) is 27.6 Å². The van der Waals surface area contributed by atoms with Gasteiger partial charge in [0.15, 0.2) is 5.54 Å². The van der Waals surface area contributed by atoms with Crippen LogP contribution in [0.1, 0.15) is 27.3 Å². The summed E-state index contributed by atoms with van der Waals surface area (Å²) in [5.41, 5.74) is 4.20. The maximum Gasteiger partial charge on any atom is 0.416 e. The number of alkyl halides is 3. The first-order chi connectivity index (χ1) is 15.6. The van der Waals surface area contributed by atoms with E-state index in [1.807, 2.05) is 0 Å². The summed E-state index contributed by atoms with van der Waals surface area (Å²) in [4.78, 5) is 39.9. The molecular formula is C21H16F3N5O3S. The maximum atomic E-state index is 13.6. The summed E-state index contributed by atoms with van der Waals surface area (Å²) in [5.74, 6) is -1.67. The Labute approximate surface area is 189 Å². The summed E-state index contributed by atoms with van der Waals surface area (Å²) in [5, 5.41) is 2.12. The highest BCUT2D eigenvalue weighted by Gasteiger charge is 2.59. The van der Waals surface area contributed by atoms with E-state index in [1.165, 1.54) is 30.3 Å². The Balaban J connectivity index is 1.82. The minimum absolute atomic E-state index is 0.000718. The molecule has 1 fully saturated rings. The fourth-order valence-corrected chi connectivity index (χ4v) is 4.39. The third-order valence-corrected chi connectivity index (χ3v) is 6.02.